The molecule has 0 aliphatic carbocycles. The van der Waals surface area contributed by atoms with Crippen LogP contribution in [0.3, 0.4) is 0 Å². The molecule has 0 unspecified atom stereocenters. The molecule has 2 N–H and O–H groups in total. The van der Waals surface area contributed by atoms with Crippen molar-refractivity contribution in [1.29, 1.82) is 0 Å². The predicted octanol–water partition coefficient (Wildman–Crippen LogP) is 5.32. The van der Waals surface area contributed by atoms with Gasteiger partial charge in [0.15, 0.2) is 0 Å². The minimum atomic E-state index is -0.0989. The second kappa shape index (κ2) is 17.7. The number of carbonyl (C=O) groups is 2. The van der Waals surface area contributed by atoms with Gasteiger partial charge in [-0.15, -0.1) is 0 Å². The predicted molar refractivity (Wildman–Crippen MR) is 159 cm³/mol. The Hall–Kier alpha value is -3.68. The molecule has 0 spiro atoms. The Morgan fingerprint density at radius 2 is 0.947 bits per heavy atom. The van der Waals surface area contributed by atoms with Crippen LogP contribution in [0.25, 0.3) is 0 Å². The maximum Gasteiger partial charge on any atom is 0.240 e. The van der Waals surface area contributed by atoms with Gasteiger partial charge in [0.2, 0.25) is 11.8 Å². The van der Waals surface area contributed by atoms with Crippen molar-refractivity contribution in [2.24, 2.45) is 10.2 Å². The van der Waals surface area contributed by atoms with E-state index in [1.807, 2.05) is 24.3 Å². The summed E-state index contributed by atoms with van der Waals surface area (Å²) in [5.41, 5.74) is 9.42. The minimum Gasteiger partial charge on any atom is -0.372 e. The lowest BCUT2D eigenvalue weighted by atomic mass is 10.1. The van der Waals surface area contributed by atoms with Gasteiger partial charge < -0.3 is 9.80 Å². The summed E-state index contributed by atoms with van der Waals surface area (Å²) in [6.07, 6.45) is 7.47. The first-order valence-electron chi connectivity index (χ1n) is 13.8. The number of nitrogens with one attached hydrogen (secondary N) is 2. The number of nitrogens with zero attached hydrogens (tertiary/aromatic N) is 4. The molecule has 0 bridgehead atoms. The van der Waals surface area contributed by atoms with Crippen LogP contribution in [0.2, 0.25) is 0 Å². The smallest absolute Gasteiger partial charge is 0.240 e. The van der Waals surface area contributed by atoms with Crippen LogP contribution in [0.4, 0.5) is 11.4 Å². The molecule has 0 saturated heterocycles. The highest BCUT2D eigenvalue weighted by molar-refractivity contribution is 5.83. The lowest BCUT2D eigenvalue weighted by molar-refractivity contribution is -0.122. The van der Waals surface area contributed by atoms with E-state index in [0.717, 1.165) is 63.0 Å². The largest absolute Gasteiger partial charge is 0.372 e. The summed E-state index contributed by atoms with van der Waals surface area (Å²) in [4.78, 5) is 28.5. The molecule has 0 atom stereocenters. The van der Waals surface area contributed by atoms with Crippen molar-refractivity contribution in [3.63, 3.8) is 0 Å². The fourth-order valence-corrected chi connectivity index (χ4v) is 4.11. The number of amides is 2. The SMILES string of the molecule is CCN(CC)c1ccc(C=NNC(=O)CCCCCCC(=O)NN=Cc2ccc(N(CC)CC)cc2)cc1. The minimum absolute atomic E-state index is 0.0989. The summed E-state index contributed by atoms with van der Waals surface area (Å²) in [5.74, 6) is -0.198. The van der Waals surface area contributed by atoms with Gasteiger partial charge in [-0.2, -0.15) is 10.2 Å². The van der Waals surface area contributed by atoms with Crippen molar-refractivity contribution in [2.75, 3.05) is 36.0 Å². The maximum atomic E-state index is 12.0. The molecule has 206 valence electrons. The number of hydrazone groups is 2. The summed E-state index contributed by atoms with van der Waals surface area (Å²) in [7, 11) is 0. The molecule has 2 amide bonds. The van der Waals surface area contributed by atoms with E-state index in [0.29, 0.717) is 12.8 Å². The number of hydrogen-bond donors (Lipinski definition) is 2. The van der Waals surface area contributed by atoms with Crippen LogP contribution in [-0.4, -0.2) is 50.4 Å². The van der Waals surface area contributed by atoms with Gasteiger partial charge in [-0.1, -0.05) is 37.1 Å². The zero-order chi connectivity index (χ0) is 27.6. The molecule has 0 fully saturated rings. The quantitative estimate of drug-likeness (QED) is 0.168. The van der Waals surface area contributed by atoms with E-state index in [9.17, 15) is 9.59 Å². The molecule has 8 nitrogen and oxygen atoms in total. The van der Waals surface area contributed by atoms with Crippen LogP contribution in [0.1, 0.15) is 77.3 Å². The molecule has 2 aromatic carbocycles. The van der Waals surface area contributed by atoms with Gasteiger partial charge in [0.1, 0.15) is 0 Å². The second-order valence-electron chi connectivity index (χ2n) is 9.03. The number of unbranched alkanes of at least 4 members (excludes halogenated alkanes) is 3. The lowest BCUT2D eigenvalue weighted by Crippen LogP contribution is -2.21. The normalized spacial score (nSPS) is 11.2. The van der Waals surface area contributed by atoms with Gasteiger partial charge in [-0.3, -0.25) is 9.59 Å². The summed E-state index contributed by atoms with van der Waals surface area (Å²) >= 11 is 0. The average Bonchev–Trinajstić information content (AvgIpc) is 2.93. The summed E-state index contributed by atoms with van der Waals surface area (Å²) in [5, 5.41) is 8.12. The third-order valence-electron chi connectivity index (χ3n) is 6.41. The Morgan fingerprint density at radius 1 is 0.605 bits per heavy atom. The first-order chi connectivity index (χ1) is 18.5. The van der Waals surface area contributed by atoms with E-state index in [4.69, 9.17) is 0 Å². The first-order valence-corrected chi connectivity index (χ1v) is 13.8. The van der Waals surface area contributed by atoms with E-state index < -0.39 is 0 Å². The van der Waals surface area contributed by atoms with Crippen molar-refractivity contribution in [1.82, 2.24) is 10.9 Å². The molecule has 0 heterocycles. The lowest BCUT2D eigenvalue weighted by Gasteiger charge is -2.20. The first kappa shape index (κ1) is 30.5. The number of rotatable bonds is 17. The van der Waals surface area contributed by atoms with Gasteiger partial charge >= 0.3 is 0 Å². The summed E-state index contributed by atoms with van der Waals surface area (Å²) in [6.45, 7) is 12.4. The average molecular weight is 521 g/mol. The monoisotopic (exact) mass is 520 g/mol. The fourth-order valence-electron chi connectivity index (χ4n) is 4.11. The van der Waals surface area contributed by atoms with Gasteiger partial charge in [-0.25, -0.2) is 10.9 Å². The molecular formula is C30H44N6O2. The number of carbonyl (C=O) groups excluding carboxylic acids is 2. The van der Waals surface area contributed by atoms with E-state index >= 15 is 0 Å². The zero-order valence-electron chi connectivity index (χ0n) is 23.4. The van der Waals surface area contributed by atoms with Gasteiger partial charge in [0.25, 0.3) is 0 Å². The molecule has 8 heteroatoms. The molecular weight excluding hydrogens is 476 g/mol. The number of anilines is 2. The summed E-state index contributed by atoms with van der Waals surface area (Å²) in [6, 6.07) is 16.2. The van der Waals surface area contributed by atoms with Crippen molar-refractivity contribution in [3.05, 3.63) is 59.7 Å². The molecule has 38 heavy (non-hydrogen) atoms. The highest BCUT2D eigenvalue weighted by Crippen LogP contribution is 2.15. The third-order valence-corrected chi connectivity index (χ3v) is 6.41. The molecule has 2 rings (SSSR count). The van der Waals surface area contributed by atoms with E-state index in [1.165, 1.54) is 11.4 Å². The van der Waals surface area contributed by atoms with Gasteiger partial charge in [0, 0.05) is 50.4 Å². The molecule has 0 aliphatic heterocycles. The Labute approximate surface area is 228 Å². The Bertz CT molecular complexity index is 927. The Kier molecular flexibility index (Phi) is 14.2. The van der Waals surface area contributed by atoms with Crippen LogP contribution < -0.4 is 20.7 Å². The van der Waals surface area contributed by atoms with E-state index in [2.05, 4.69) is 82.8 Å². The van der Waals surface area contributed by atoms with E-state index in [-0.39, 0.29) is 11.8 Å². The number of hydrogen-bond acceptors (Lipinski definition) is 6. The molecule has 0 aliphatic rings. The summed E-state index contributed by atoms with van der Waals surface area (Å²) < 4.78 is 0. The second-order valence-corrected chi connectivity index (χ2v) is 9.03. The Morgan fingerprint density at radius 3 is 1.26 bits per heavy atom. The van der Waals surface area contributed by atoms with Crippen molar-refractivity contribution in [2.45, 2.75) is 66.2 Å². The maximum absolute atomic E-state index is 12.0. The van der Waals surface area contributed by atoms with E-state index in [1.54, 1.807) is 12.4 Å². The van der Waals surface area contributed by atoms with Gasteiger partial charge in [0.05, 0.1) is 12.4 Å². The molecule has 0 radical (unpaired) electrons. The van der Waals surface area contributed by atoms with Crippen LogP contribution in [0.5, 0.6) is 0 Å². The standard InChI is InChI=1S/C30H44N6O2/c1-5-35(6-2)27-19-15-25(16-20-27)23-31-33-29(37)13-11-9-10-12-14-30(38)34-32-24-26-17-21-28(22-18-26)36(7-3)8-4/h15-24H,5-14H2,1-4H3,(H,33,37)(H,34,38). The van der Waals surface area contributed by atoms with Crippen molar-refractivity contribution in [3.8, 4) is 0 Å². The van der Waals surface area contributed by atoms with Gasteiger partial charge in [-0.05, 0) is 75.9 Å². The van der Waals surface area contributed by atoms with Crippen LogP contribution in [0.15, 0.2) is 58.7 Å². The van der Waals surface area contributed by atoms with Crippen LogP contribution in [0, 0.1) is 0 Å². The topological polar surface area (TPSA) is 89.4 Å². The van der Waals surface area contributed by atoms with Crippen LogP contribution in [-0.2, 0) is 9.59 Å². The molecule has 2 aromatic rings. The number of benzene rings is 2. The molecule has 0 aromatic heterocycles. The fraction of sp³-hybridized carbons (Fsp3) is 0.467. The third kappa shape index (κ3) is 11.2. The highest BCUT2D eigenvalue weighted by Gasteiger charge is 2.04. The zero-order valence-corrected chi connectivity index (χ0v) is 23.4. The Balaban J connectivity index is 1.55. The van der Waals surface area contributed by atoms with Crippen LogP contribution >= 0.6 is 0 Å². The molecule has 0 saturated carbocycles. The highest BCUT2D eigenvalue weighted by atomic mass is 16.2. The van der Waals surface area contributed by atoms with Crippen molar-refractivity contribution >= 4 is 35.6 Å². The van der Waals surface area contributed by atoms with Crippen molar-refractivity contribution < 1.29 is 9.59 Å².